The molecule has 18 heavy (non-hydrogen) atoms. The van der Waals surface area contributed by atoms with E-state index in [0.717, 1.165) is 29.5 Å². The second kappa shape index (κ2) is 6.22. The van der Waals surface area contributed by atoms with Gasteiger partial charge in [-0.05, 0) is 40.9 Å². The summed E-state index contributed by atoms with van der Waals surface area (Å²) in [7, 11) is -3.39. The third kappa shape index (κ3) is 3.10. The SMILES string of the molecule is O=S(=O)(c1ccc(Br)s1)N(CCCl)C1CCCC1. The normalized spacial score (nSPS) is 17.7. The lowest BCUT2D eigenvalue weighted by Crippen LogP contribution is -2.39. The highest BCUT2D eigenvalue weighted by Gasteiger charge is 2.33. The Labute approximate surface area is 125 Å². The van der Waals surface area contributed by atoms with Crippen LogP contribution in [0.4, 0.5) is 0 Å². The average Bonchev–Trinajstić information content (AvgIpc) is 2.96. The van der Waals surface area contributed by atoms with Crippen LogP contribution in [0.2, 0.25) is 0 Å². The summed E-state index contributed by atoms with van der Waals surface area (Å²) in [4.78, 5) is 0. The molecule has 0 saturated heterocycles. The van der Waals surface area contributed by atoms with Crippen LogP contribution in [0.5, 0.6) is 0 Å². The van der Waals surface area contributed by atoms with Gasteiger partial charge in [0.05, 0.1) is 3.79 Å². The van der Waals surface area contributed by atoms with Crippen molar-refractivity contribution in [3.05, 3.63) is 15.9 Å². The maximum absolute atomic E-state index is 12.6. The number of thiophene rings is 1. The highest BCUT2D eigenvalue weighted by molar-refractivity contribution is 9.11. The van der Waals surface area contributed by atoms with E-state index in [1.165, 1.54) is 11.3 Å². The van der Waals surface area contributed by atoms with E-state index in [0.29, 0.717) is 16.6 Å². The zero-order chi connectivity index (χ0) is 13.2. The number of sulfonamides is 1. The van der Waals surface area contributed by atoms with E-state index >= 15 is 0 Å². The second-order valence-corrected chi connectivity index (χ2v) is 9.26. The maximum Gasteiger partial charge on any atom is 0.252 e. The molecule has 0 radical (unpaired) electrons. The first kappa shape index (κ1) is 14.8. The summed E-state index contributed by atoms with van der Waals surface area (Å²) in [6.45, 7) is 0.393. The van der Waals surface area contributed by atoms with Crippen molar-refractivity contribution in [2.75, 3.05) is 12.4 Å². The van der Waals surface area contributed by atoms with Crippen LogP contribution in [-0.4, -0.2) is 31.2 Å². The predicted molar refractivity (Wildman–Crippen MR) is 78.9 cm³/mol. The van der Waals surface area contributed by atoms with Crippen LogP contribution in [0, 0.1) is 0 Å². The molecule has 0 aromatic carbocycles. The molecule has 102 valence electrons. The summed E-state index contributed by atoms with van der Waals surface area (Å²) in [5.74, 6) is 0.336. The Morgan fingerprint density at radius 3 is 2.56 bits per heavy atom. The third-order valence-corrected chi connectivity index (χ3v) is 7.36. The van der Waals surface area contributed by atoms with Crippen molar-refractivity contribution >= 4 is 48.9 Å². The molecule has 2 rings (SSSR count). The molecule has 1 aliphatic rings. The summed E-state index contributed by atoms with van der Waals surface area (Å²) in [5, 5.41) is 0. The fourth-order valence-corrected chi connectivity index (χ4v) is 6.43. The first-order valence-electron chi connectivity index (χ1n) is 5.89. The van der Waals surface area contributed by atoms with Gasteiger partial charge in [0, 0.05) is 18.5 Å². The van der Waals surface area contributed by atoms with E-state index < -0.39 is 10.0 Å². The Kier molecular flexibility index (Phi) is 5.11. The van der Waals surface area contributed by atoms with Gasteiger partial charge >= 0.3 is 0 Å². The highest BCUT2D eigenvalue weighted by atomic mass is 79.9. The van der Waals surface area contributed by atoms with Gasteiger partial charge in [-0.2, -0.15) is 4.31 Å². The van der Waals surface area contributed by atoms with Crippen molar-refractivity contribution in [2.45, 2.75) is 35.9 Å². The molecule has 0 spiro atoms. The second-order valence-electron chi connectivity index (χ2n) is 4.30. The molecule has 1 aromatic heterocycles. The monoisotopic (exact) mass is 371 g/mol. The number of hydrogen-bond donors (Lipinski definition) is 0. The zero-order valence-electron chi connectivity index (χ0n) is 9.81. The van der Waals surface area contributed by atoms with Crippen LogP contribution in [-0.2, 0) is 10.0 Å². The van der Waals surface area contributed by atoms with E-state index in [4.69, 9.17) is 11.6 Å². The molecular weight excluding hydrogens is 358 g/mol. The van der Waals surface area contributed by atoms with E-state index in [9.17, 15) is 8.42 Å². The Bertz CT molecular complexity index is 497. The average molecular weight is 373 g/mol. The lowest BCUT2D eigenvalue weighted by molar-refractivity contribution is 0.337. The fourth-order valence-electron chi connectivity index (χ4n) is 2.33. The van der Waals surface area contributed by atoms with Gasteiger partial charge in [-0.1, -0.05) is 12.8 Å². The molecule has 0 bridgehead atoms. The predicted octanol–water partition coefficient (Wildman–Crippen LogP) is 3.68. The van der Waals surface area contributed by atoms with E-state index in [1.807, 2.05) is 0 Å². The minimum Gasteiger partial charge on any atom is -0.206 e. The first-order chi connectivity index (χ1) is 8.55. The van der Waals surface area contributed by atoms with Crippen LogP contribution in [0.1, 0.15) is 25.7 Å². The minimum atomic E-state index is -3.39. The molecule has 7 heteroatoms. The molecule has 1 aromatic rings. The molecular formula is C11H15BrClNO2S2. The fraction of sp³-hybridized carbons (Fsp3) is 0.636. The van der Waals surface area contributed by atoms with Crippen LogP contribution in [0.15, 0.2) is 20.1 Å². The van der Waals surface area contributed by atoms with E-state index in [2.05, 4.69) is 15.9 Å². The number of nitrogens with zero attached hydrogens (tertiary/aromatic N) is 1. The summed E-state index contributed by atoms with van der Waals surface area (Å²) in [5.41, 5.74) is 0. The van der Waals surface area contributed by atoms with Crippen molar-refractivity contribution in [3.8, 4) is 0 Å². The van der Waals surface area contributed by atoms with Crippen molar-refractivity contribution < 1.29 is 8.42 Å². The first-order valence-corrected chi connectivity index (χ1v) is 9.47. The van der Waals surface area contributed by atoms with Crippen LogP contribution >= 0.6 is 38.9 Å². The van der Waals surface area contributed by atoms with E-state index in [1.54, 1.807) is 16.4 Å². The maximum atomic E-state index is 12.6. The van der Waals surface area contributed by atoms with Crippen molar-refractivity contribution in [3.63, 3.8) is 0 Å². The Morgan fingerprint density at radius 1 is 1.39 bits per heavy atom. The van der Waals surface area contributed by atoms with Crippen LogP contribution in [0.25, 0.3) is 0 Å². The molecule has 1 fully saturated rings. The van der Waals surface area contributed by atoms with Crippen molar-refractivity contribution in [1.82, 2.24) is 4.31 Å². The molecule has 0 N–H and O–H groups in total. The topological polar surface area (TPSA) is 37.4 Å². The molecule has 1 saturated carbocycles. The molecule has 1 aliphatic carbocycles. The summed E-state index contributed by atoms with van der Waals surface area (Å²) in [6.07, 6.45) is 4.10. The number of rotatable bonds is 5. The number of halogens is 2. The van der Waals surface area contributed by atoms with Gasteiger partial charge in [0.25, 0.3) is 10.0 Å². The summed E-state index contributed by atoms with van der Waals surface area (Å²) < 4.78 is 28.0. The molecule has 0 atom stereocenters. The lowest BCUT2D eigenvalue weighted by atomic mass is 10.2. The largest absolute Gasteiger partial charge is 0.252 e. The van der Waals surface area contributed by atoms with Gasteiger partial charge in [0.2, 0.25) is 0 Å². The molecule has 0 unspecified atom stereocenters. The van der Waals surface area contributed by atoms with E-state index in [-0.39, 0.29) is 6.04 Å². The standard InChI is InChI=1S/C11H15BrClNO2S2/c12-10-5-6-11(17-10)18(15,16)14(8-7-13)9-3-1-2-4-9/h5-6,9H,1-4,7-8H2. The Hall–Kier alpha value is 0.380. The Balaban J connectivity index is 2.28. The van der Waals surface area contributed by atoms with Crippen molar-refractivity contribution in [1.29, 1.82) is 0 Å². The zero-order valence-corrected chi connectivity index (χ0v) is 13.8. The molecule has 1 heterocycles. The summed E-state index contributed by atoms with van der Waals surface area (Å²) in [6, 6.07) is 3.54. The number of alkyl halides is 1. The van der Waals surface area contributed by atoms with Crippen molar-refractivity contribution in [2.24, 2.45) is 0 Å². The van der Waals surface area contributed by atoms with Gasteiger partial charge < -0.3 is 0 Å². The summed E-state index contributed by atoms with van der Waals surface area (Å²) >= 11 is 10.3. The molecule has 0 amide bonds. The quantitative estimate of drug-likeness (QED) is 0.739. The minimum absolute atomic E-state index is 0.120. The van der Waals surface area contributed by atoms with Crippen LogP contribution in [0.3, 0.4) is 0 Å². The molecule has 3 nitrogen and oxygen atoms in total. The lowest BCUT2D eigenvalue weighted by Gasteiger charge is -2.26. The molecule has 0 aliphatic heterocycles. The van der Waals surface area contributed by atoms with Gasteiger partial charge in [-0.3, -0.25) is 0 Å². The highest BCUT2D eigenvalue weighted by Crippen LogP contribution is 2.33. The van der Waals surface area contributed by atoms with Crippen LogP contribution < -0.4 is 0 Å². The van der Waals surface area contributed by atoms with Gasteiger partial charge in [-0.25, -0.2) is 8.42 Å². The number of hydrogen-bond acceptors (Lipinski definition) is 3. The van der Waals surface area contributed by atoms with Gasteiger partial charge in [0.15, 0.2) is 0 Å². The Morgan fingerprint density at radius 2 is 2.06 bits per heavy atom. The smallest absolute Gasteiger partial charge is 0.206 e. The van der Waals surface area contributed by atoms with Gasteiger partial charge in [0.1, 0.15) is 4.21 Å². The third-order valence-electron chi connectivity index (χ3n) is 3.15. The van der Waals surface area contributed by atoms with Gasteiger partial charge in [-0.15, -0.1) is 22.9 Å².